The standard InChI is InChI=1S/C11H21N3O3S/c1-9(14-5-3-12-4-6-14)11(15)13-10-2-7-18(16,17)8-10/h9-10,12H,2-8H2,1H3,(H,13,15). The van der Waals surface area contributed by atoms with Crippen molar-refractivity contribution in [2.45, 2.75) is 25.4 Å². The lowest BCUT2D eigenvalue weighted by atomic mass is 10.2. The third kappa shape index (κ3) is 3.43. The van der Waals surface area contributed by atoms with Crippen molar-refractivity contribution in [3.8, 4) is 0 Å². The number of nitrogens with one attached hydrogen (secondary N) is 2. The molecule has 0 aromatic carbocycles. The molecular weight excluding hydrogens is 254 g/mol. The van der Waals surface area contributed by atoms with Crippen molar-refractivity contribution in [1.82, 2.24) is 15.5 Å². The van der Waals surface area contributed by atoms with Gasteiger partial charge in [0, 0.05) is 32.2 Å². The fourth-order valence-electron chi connectivity index (χ4n) is 2.47. The molecule has 0 saturated carbocycles. The van der Waals surface area contributed by atoms with E-state index in [2.05, 4.69) is 15.5 Å². The summed E-state index contributed by atoms with van der Waals surface area (Å²) < 4.78 is 22.6. The third-order valence-electron chi connectivity index (χ3n) is 3.66. The first-order valence-corrected chi connectivity index (χ1v) is 8.26. The highest BCUT2D eigenvalue weighted by atomic mass is 32.2. The Kier molecular flexibility index (Phi) is 4.24. The summed E-state index contributed by atoms with van der Waals surface area (Å²) in [7, 11) is -2.93. The molecule has 2 aliphatic rings. The van der Waals surface area contributed by atoms with Crippen molar-refractivity contribution < 1.29 is 13.2 Å². The lowest BCUT2D eigenvalue weighted by molar-refractivity contribution is -0.126. The average Bonchev–Trinajstić information content (AvgIpc) is 2.68. The van der Waals surface area contributed by atoms with E-state index < -0.39 is 9.84 Å². The van der Waals surface area contributed by atoms with Crippen molar-refractivity contribution in [3.05, 3.63) is 0 Å². The average molecular weight is 275 g/mol. The first-order valence-electron chi connectivity index (χ1n) is 6.43. The molecular formula is C11H21N3O3S. The zero-order valence-corrected chi connectivity index (χ0v) is 11.5. The summed E-state index contributed by atoms with van der Waals surface area (Å²) in [6.45, 7) is 5.39. The second-order valence-electron chi connectivity index (χ2n) is 5.07. The largest absolute Gasteiger partial charge is 0.351 e. The van der Waals surface area contributed by atoms with Crippen LogP contribution >= 0.6 is 0 Å². The van der Waals surface area contributed by atoms with Gasteiger partial charge in [0.1, 0.15) is 0 Å². The maximum absolute atomic E-state index is 12.0. The van der Waals surface area contributed by atoms with Crippen molar-refractivity contribution in [2.75, 3.05) is 37.7 Å². The first-order chi connectivity index (χ1) is 8.48. The van der Waals surface area contributed by atoms with Gasteiger partial charge in [-0.3, -0.25) is 9.69 Å². The number of sulfone groups is 1. The highest BCUT2D eigenvalue weighted by molar-refractivity contribution is 7.91. The van der Waals surface area contributed by atoms with Crippen molar-refractivity contribution in [2.24, 2.45) is 0 Å². The van der Waals surface area contributed by atoms with Gasteiger partial charge < -0.3 is 10.6 Å². The van der Waals surface area contributed by atoms with Crippen LogP contribution in [0.15, 0.2) is 0 Å². The van der Waals surface area contributed by atoms with Crippen LogP contribution in [0, 0.1) is 0 Å². The van der Waals surface area contributed by atoms with E-state index in [0.29, 0.717) is 6.42 Å². The maximum Gasteiger partial charge on any atom is 0.237 e. The van der Waals surface area contributed by atoms with Crippen LogP contribution in [0.5, 0.6) is 0 Å². The van der Waals surface area contributed by atoms with Gasteiger partial charge >= 0.3 is 0 Å². The molecule has 2 saturated heterocycles. The topological polar surface area (TPSA) is 78.5 Å². The summed E-state index contributed by atoms with van der Waals surface area (Å²) in [5, 5.41) is 6.09. The third-order valence-corrected chi connectivity index (χ3v) is 5.43. The Labute approximate surface area is 108 Å². The molecule has 2 heterocycles. The number of rotatable bonds is 3. The molecule has 6 nitrogen and oxygen atoms in total. The fourth-order valence-corrected chi connectivity index (χ4v) is 4.14. The van der Waals surface area contributed by atoms with Crippen LogP contribution in [0.2, 0.25) is 0 Å². The predicted molar refractivity (Wildman–Crippen MR) is 69.1 cm³/mol. The molecule has 7 heteroatoms. The van der Waals surface area contributed by atoms with Crippen LogP contribution in [-0.2, 0) is 14.6 Å². The minimum atomic E-state index is -2.93. The van der Waals surface area contributed by atoms with Gasteiger partial charge in [0.2, 0.25) is 5.91 Å². The molecule has 0 aromatic heterocycles. The number of carbonyl (C=O) groups is 1. The summed E-state index contributed by atoms with van der Waals surface area (Å²) in [5.74, 6) is 0.228. The monoisotopic (exact) mass is 275 g/mol. The van der Waals surface area contributed by atoms with Gasteiger partial charge in [-0.25, -0.2) is 8.42 Å². The Bertz CT molecular complexity index is 404. The molecule has 104 valence electrons. The predicted octanol–water partition coefficient (Wildman–Crippen LogP) is -1.42. The number of piperazine rings is 1. The van der Waals surface area contributed by atoms with E-state index in [1.165, 1.54) is 0 Å². The molecule has 18 heavy (non-hydrogen) atoms. The highest BCUT2D eigenvalue weighted by Crippen LogP contribution is 2.12. The van der Waals surface area contributed by atoms with Gasteiger partial charge in [-0.15, -0.1) is 0 Å². The van der Waals surface area contributed by atoms with E-state index in [4.69, 9.17) is 0 Å². The molecule has 2 rings (SSSR count). The van der Waals surface area contributed by atoms with Gasteiger partial charge in [-0.05, 0) is 13.3 Å². The van der Waals surface area contributed by atoms with Crippen molar-refractivity contribution >= 4 is 15.7 Å². The van der Waals surface area contributed by atoms with Crippen LogP contribution in [-0.4, -0.2) is 69.0 Å². The fraction of sp³-hybridized carbons (Fsp3) is 0.909. The molecule has 0 aliphatic carbocycles. The van der Waals surface area contributed by atoms with Crippen molar-refractivity contribution in [1.29, 1.82) is 0 Å². The maximum atomic E-state index is 12.0. The second kappa shape index (κ2) is 5.54. The van der Waals surface area contributed by atoms with Gasteiger partial charge in [0.25, 0.3) is 0 Å². The molecule has 2 unspecified atom stereocenters. The van der Waals surface area contributed by atoms with E-state index in [-0.39, 0.29) is 29.5 Å². The molecule has 2 atom stereocenters. The Hall–Kier alpha value is -0.660. The van der Waals surface area contributed by atoms with E-state index in [1.54, 1.807) is 0 Å². The molecule has 1 amide bonds. The van der Waals surface area contributed by atoms with Gasteiger partial charge in [-0.1, -0.05) is 0 Å². The Morgan fingerprint density at radius 3 is 2.61 bits per heavy atom. The molecule has 2 aliphatic heterocycles. The van der Waals surface area contributed by atoms with Crippen LogP contribution in [0.1, 0.15) is 13.3 Å². The smallest absolute Gasteiger partial charge is 0.237 e. The van der Waals surface area contributed by atoms with E-state index >= 15 is 0 Å². The molecule has 0 bridgehead atoms. The Morgan fingerprint density at radius 2 is 2.06 bits per heavy atom. The molecule has 0 radical (unpaired) electrons. The summed E-state index contributed by atoms with van der Waals surface area (Å²) in [5.41, 5.74) is 0. The minimum absolute atomic E-state index is 0.0565. The van der Waals surface area contributed by atoms with Gasteiger partial charge in [0.05, 0.1) is 17.5 Å². The van der Waals surface area contributed by atoms with Crippen LogP contribution < -0.4 is 10.6 Å². The molecule has 0 spiro atoms. The number of hydrogen-bond acceptors (Lipinski definition) is 5. The zero-order valence-electron chi connectivity index (χ0n) is 10.7. The normalized spacial score (nSPS) is 29.9. The minimum Gasteiger partial charge on any atom is -0.351 e. The van der Waals surface area contributed by atoms with Crippen LogP contribution in [0.3, 0.4) is 0 Å². The second-order valence-corrected chi connectivity index (χ2v) is 7.30. The van der Waals surface area contributed by atoms with Crippen molar-refractivity contribution in [3.63, 3.8) is 0 Å². The summed E-state index contributed by atoms with van der Waals surface area (Å²) in [4.78, 5) is 14.2. The molecule has 2 N–H and O–H groups in total. The zero-order chi connectivity index (χ0) is 13.2. The first kappa shape index (κ1) is 13.8. The number of hydrogen-bond donors (Lipinski definition) is 2. The Morgan fingerprint density at radius 1 is 1.39 bits per heavy atom. The van der Waals surface area contributed by atoms with Gasteiger partial charge in [0.15, 0.2) is 9.84 Å². The van der Waals surface area contributed by atoms with E-state index in [9.17, 15) is 13.2 Å². The number of amides is 1. The summed E-state index contributed by atoms with van der Waals surface area (Å²) in [6.07, 6.45) is 0.544. The number of carbonyl (C=O) groups excluding carboxylic acids is 1. The van der Waals surface area contributed by atoms with Crippen LogP contribution in [0.4, 0.5) is 0 Å². The number of nitrogens with zero attached hydrogens (tertiary/aromatic N) is 1. The Balaban J connectivity index is 1.84. The quantitative estimate of drug-likeness (QED) is 0.661. The summed E-state index contributed by atoms with van der Waals surface area (Å²) >= 11 is 0. The lowest BCUT2D eigenvalue weighted by Crippen LogP contribution is -2.54. The lowest BCUT2D eigenvalue weighted by Gasteiger charge is -2.32. The van der Waals surface area contributed by atoms with Crippen LogP contribution in [0.25, 0.3) is 0 Å². The van der Waals surface area contributed by atoms with E-state index in [1.807, 2.05) is 6.92 Å². The summed E-state index contributed by atoms with van der Waals surface area (Å²) in [6, 6.07) is -0.386. The van der Waals surface area contributed by atoms with E-state index in [0.717, 1.165) is 26.2 Å². The molecule has 2 fully saturated rings. The SMILES string of the molecule is CC(C(=O)NC1CCS(=O)(=O)C1)N1CCNCC1. The van der Waals surface area contributed by atoms with Gasteiger partial charge in [-0.2, -0.15) is 0 Å². The molecule has 0 aromatic rings. The highest BCUT2D eigenvalue weighted by Gasteiger charge is 2.31.